The highest BCUT2D eigenvalue weighted by atomic mass is 19.4. The van der Waals surface area contributed by atoms with Crippen LogP contribution in [0.4, 0.5) is 13.2 Å². The lowest BCUT2D eigenvalue weighted by Gasteiger charge is -2.20. The van der Waals surface area contributed by atoms with Crippen molar-refractivity contribution in [3.05, 3.63) is 35.4 Å². The Balaban J connectivity index is 2.76. The van der Waals surface area contributed by atoms with Gasteiger partial charge in [-0.05, 0) is 16.5 Å². The highest BCUT2D eigenvalue weighted by Crippen LogP contribution is 2.25. The number of hydrogen-bond donors (Lipinski definition) is 1. The number of aliphatic hydroxyl groups excluding tert-OH is 1. The van der Waals surface area contributed by atoms with Crippen LogP contribution in [0, 0.1) is 0 Å². The molecule has 0 aliphatic rings. The zero-order valence-corrected chi connectivity index (χ0v) is 10.2. The summed E-state index contributed by atoms with van der Waals surface area (Å²) in [5.41, 5.74) is 1.52. The van der Waals surface area contributed by atoms with Crippen LogP contribution in [0.25, 0.3) is 0 Å². The largest absolute Gasteiger partial charge is 0.414 e. The van der Waals surface area contributed by atoms with Gasteiger partial charge in [0.2, 0.25) is 0 Å². The van der Waals surface area contributed by atoms with Gasteiger partial charge in [0.1, 0.15) is 0 Å². The van der Waals surface area contributed by atoms with Crippen molar-refractivity contribution in [2.45, 2.75) is 44.9 Å². The SMILES string of the molecule is CC(C)(C)c1ccc(C[C@H](O)C(F)(F)F)cc1. The van der Waals surface area contributed by atoms with Crippen LogP contribution in [0.2, 0.25) is 0 Å². The van der Waals surface area contributed by atoms with E-state index in [1.54, 1.807) is 24.3 Å². The Labute approximate surface area is 99.3 Å². The molecule has 0 saturated carbocycles. The first-order chi connectivity index (χ1) is 7.60. The maximum absolute atomic E-state index is 12.2. The fraction of sp³-hybridized carbons (Fsp3) is 0.538. The van der Waals surface area contributed by atoms with Gasteiger partial charge in [-0.25, -0.2) is 0 Å². The second-order valence-corrected chi connectivity index (χ2v) is 5.21. The van der Waals surface area contributed by atoms with Crippen LogP contribution in [0.15, 0.2) is 24.3 Å². The molecule has 1 atom stereocenters. The minimum atomic E-state index is -4.55. The summed E-state index contributed by atoms with van der Waals surface area (Å²) < 4.78 is 36.5. The van der Waals surface area contributed by atoms with Crippen LogP contribution >= 0.6 is 0 Å². The van der Waals surface area contributed by atoms with Gasteiger partial charge in [0.25, 0.3) is 0 Å². The van der Waals surface area contributed by atoms with E-state index in [9.17, 15) is 13.2 Å². The minimum absolute atomic E-state index is 0.0266. The number of alkyl halides is 3. The van der Waals surface area contributed by atoms with Gasteiger partial charge >= 0.3 is 6.18 Å². The van der Waals surface area contributed by atoms with Crippen LogP contribution in [0.5, 0.6) is 0 Å². The number of rotatable bonds is 2. The molecule has 0 saturated heterocycles. The molecule has 0 aliphatic heterocycles. The van der Waals surface area contributed by atoms with E-state index in [4.69, 9.17) is 5.11 Å². The summed E-state index contributed by atoms with van der Waals surface area (Å²) in [4.78, 5) is 0. The predicted molar refractivity (Wildman–Crippen MR) is 60.9 cm³/mol. The van der Waals surface area contributed by atoms with Gasteiger partial charge in [0.15, 0.2) is 6.10 Å². The molecule has 96 valence electrons. The zero-order valence-electron chi connectivity index (χ0n) is 10.2. The molecule has 1 nitrogen and oxygen atoms in total. The Morgan fingerprint density at radius 1 is 1.06 bits per heavy atom. The summed E-state index contributed by atoms with van der Waals surface area (Å²) in [6, 6.07) is 6.88. The van der Waals surface area contributed by atoms with E-state index < -0.39 is 18.7 Å². The van der Waals surface area contributed by atoms with Crippen molar-refractivity contribution in [2.24, 2.45) is 0 Å². The third-order valence-corrected chi connectivity index (χ3v) is 2.63. The fourth-order valence-corrected chi connectivity index (χ4v) is 1.48. The first kappa shape index (κ1) is 14.0. The summed E-state index contributed by atoms with van der Waals surface area (Å²) in [6.07, 6.45) is -7.24. The number of benzene rings is 1. The molecule has 0 aromatic heterocycles. The lowest BCUT2D eigenvalue weighted by Crippen LogP contribution is -2.30. The molecule has 0 heterocycles. The van der Waals surface area contributed by atoms with Crippen LogP contribution in [0.3, 0.4) is 0 Å². The lowest BCUT2D eigenvalue weighted by atomic mass is 9.86. The highest BCUT2D eigenvalue weighted by molar-refractivity contribution is 5.27. The maximum atomic E-state index is 12.2. The van der Waals surface area contributed by atoms with Gasteiger partial charge in [-0.3, -0.25) is 0 Å². The van der Waals surface area contributed by atoms with E-state index in [-0.39, 0.29) is 5.41 Å². The zero-order chi connectivity index (χ0) is 13.3. The molecule has 0 aliphatic carbocycles. The lowest BCUT2D eigenvalue weighted by molar-refractivity contribution is -0.203. The van der Waals surface area contributed by atoms with Gasteiger partial charge in [0.05, 0.1) is 0 Å². The van der Waals surface area contributed by atoms with Crippen molar-refractivity contribution in [1.29, 1.82) is 0 Å². The minimum Gasteiger partial charge on any atom is -0.383 e. The number of halogens is 3. The second kappa shape index (κ2) is 4.69. The molecule has 0 amide bonds. The van der Waals surface area contributed by atoms with Crippen molar-refractivity contribution in [3.63, 3.8) is 0 Å². The van der Waals surface area contributed by atoms with Crippen LogP contribution in [-0.2, 0) is 11.8 Å². The maximum Gasteiger partial charge on any atom is 0.414 e. The van der Waals surface area contributed by atoms with Crippen LogP contribution in [0.1, 0.15) is 31.9 Å². The summed E-state index contributed by atoms with van der Waals surface area (Å²) in [7, 11) is 0. The fourth-order valence-electron chi connectivity index (χ4n) is 1.48. The molecule has 4 heteroatoms. The Morgan fingerprint density at radius 3 is 1.88 bits per heavy atom. The first-order valence-corrected chi connectivity index (χ1v) is 5.45. The molecule has 1 aromatic carbocycles. The van der Waals surface area contributed by atoms with Gasteiger partial charge in [0, 0.05) is 6.42 Å². The molecule has 0 radical (unpaired) electrons. The Kier molecular flexibility index (Phi) is 3.87. The summed E-state index contributed by atoms with van der Waals surface area (Å²) in [6.45, 7) is 6.10. The van der Waals surface area contributed by atoms with E-state index in [1.165, 1.54) is 0 Å². The van der Waals surface area contributed by atoms with Gasteiger partial charge in [-0.2, -0.15) is 13.2 Å². The Hall–Kier alpha value is -1.03. The third kappa shape index (κ3) is 4.04. The van der Waals surface area contributed by atoms with Gasteiger partial charge in [-0.1, -0.05) is 45.0 Å². The van der Waals surface area contributed by atoms with Crippen molar-refractivity contribution in [2.75, 3.05) is 0 Å². The predicted octanol–water partition coefficient (Wildman–Crippen LogP) is 3.45. The highest BCUT2D eigenvalue weighted by Gasteiger charge is 2.37. The Morgan fingerprint density at radius 2 is 1.53 bits per heavy atom. The van der Waals surface area contributed by atoms with Gasteiger partial charge in [-0.15, -0.1) is 0 Å². The quantitative estimate of drug-likeness (QED) is 0.847. The standard InChI is InChI=1S/C13H17F3O/c1-12(2,3)10-6-4-9(5-7-10)8-11(17)13(14,15)16/h4-7,11,17H,8H2,1-3H3/t11-/m0/s1. The molecule has 0 bridgehead atoms. The molecule has 0 fully saturated rings. The van der Waals surface area contributed by atoms with Gasteiger partial charge < -0.3 is 5.11 Å². The molecule has 1 rings (SSSR count). The topological polar surface area (TPSA) is 20.2 Å². The molecule has 1 N–H and O–H groups in total. The molecular formula is C13H17F3O. The molecular weight excluding hydrogens is 229 g/mol. The summed E-state index contributed by atoms with van der Waals surface area (Å²) >= 11 is 0. The molecule has 1 aromatic rings. The van der Waals surface area contributed by atoms with Crippen LogP contribution in [-0.4, -0.2) is 17.4 Å². The average Bonchev–Trinajstić information content (AvgIpc) is 2.15. The average molecular weight is 246 g/mol. The van der Waals surface area contributed by atoms with E-state index in [2.05, 4.69) is 0 Å². The van der Waals surface area contributed by atoms with E-state index >= 15 is 0 Å². The third-order valence-electron chi connectivity index (χ3n) is 2.63. The van der Waals surface area contributed by atoms with E-state index in [0.717, 1.165) is 5.56 Å². The van der Waals surface area contributed by atoms with Crippen molar-refractivity contribution >= 4 is 0 Å². The van der Waals surface area contributed by atoms with Crippen LogP contribution < -0.4 is 0 Å². The number of aliphatic hydroxyl groups is 1. The summed E-state index contributed by atoms with van der Waals surface area (Å²) in [5, 5.41) is 8.94. The van der Waals surface area contributed by atoms with Crippen molar-refractivity contribution in [3.8, 4) is 0 Å². The molecule has 0 spiro atoms. The van der Waals surface area contributed by atoms with E-state index in [0.29, 0.717) is 5.56 Å². The van der Waals surface area contributed by atoms with Crippen molar-refractivity contribution < 1.29 is 18.3 Å². The molecule has 0 unspecified atom stereocenters. The normalized spacial score (nSPS) is 14.8. The monoisotopic (exact) mass is 246 g/mol. The first-order valence-electron chi connectivity index (χ1n) is 5.45. The smallest absolute Gasteiger partial charge is 0.383 e. The van der Waals surface area contributed by atoms with E-state index in [1.807, 2.05) is 20.8 Å². The summed E-state index contributed by atoms with van der Waals surface area (Å²) in [5.74, 6) is 0. The Bertz CT molecular complexity index is 360. The van der Waals surface area contributed by atoms with Crippen molar-refractivity contribution in [1.82, 2.24) is 0 Å². The molecule has 17 heavy (non-hydrogen) atoms. The second-order valence-electron chi connectivity index (χ2n) is 5.21. The number of hydrogen-bond acceptors (Lipinski definition) is 1.